The van der Waals surface area contributed by atoms with Gasteiger partial charge in [-0.15, -0.1) is 5.10 Å². The minimum Gasteiger partial charge on any atom is -0.459 e. The fourth-order valence-corrected chi connectivity index (χ4v) is 5.00. The first-order chi connectivity index (χ1) is 16.0. The molecule has 1 fully saturated rings. The minimum absolute atomic E-state index is 0.0551. The Kier molecular flexibility index (Phi) is 6.14. The molecule has 1 amide bonds. The number of amides is 1. The zero-order valence-electron chi connectivity index (χ0n) is 18.2. The lowest BCUT2D eigenvalue weighted by molar-refractivity contribution is 0.0596. The Hall–Kier alpha value is -2.81. The van der Waals surface area contributed by atoms with Crippen LogP contribution in [0.15, 0.2) is 41.1 Å². The summed E-state index contributed by atoms with van der Waals surface area (Å²) >= 11 is 12.6. The van der Waals surface area contributed by atoms with Crippen molar-refractivity contribution in [2.45, 2.75) is 26.4 Å². The molecule has 4 aromatic rings. The molecule has 1 aliphatic rings. The van der Waals surface area contributed by atoms with Gasteiger partial charge in [0.2, 0.25) is 0 Å². The van der Waals surface area contributed by atoms with Gasteiger partial charge in [-0.05, 0) is 43.2 Å². The zero-order chi connectivity index (χ0) is 22.9. The summed E-state index contributed by atoms with van der Waals surface area (Å²) in [7, 11) is 0. The molecule has 0 unspecified atom stereocenters. The minimum atomic E-state index is -0.0551. The van der Waals surface area contributed by atoms with Crippen molar-refractivity contribution in [3.63, 3.8) is 0 Å². The molecular weight excluding hydrogens is 463 g/mol. The number of fused-ring (bicyclic) bond motifs is 1. The Balaban J connectivity index is 1.17. The first-order valence-electron chi connectivity index (χ1n) is 10.9. The lowest BCUT2D eigenvalue weighted by Crippen LogP contribution is -2.48. The van der Waals surface area contributed by atoms with Gasteiger partial charge in [-0.2, -0.15) is 0 Å². The largest absolute Gasteiger partial charge is 0.459 e. The summed E-state index contributed by atoms with van der Waals surface area (Å²) in [6.07, 6.45) is 4.30. The van der Waals surface area contributed by atoms with Crippen LogP contribution in [0.25, 0.3) is 10.9 Å². The number of benzene rings is 1. The molecule has 1 aliphatic heterocycles. The van der Waals surface area contributed by atoms with Crippen LogP contribution in [-0.2, 0) is 19.5 Å². The fourth-order valence-electron chi connectivity index (χ4n) is 4.40. The first kappa shape index (κ1) is 22.0. The number of aromatic amines is 1. The standard InChI is InChI=1S/C23H24Cl2N6O2/c1-15-18(22-19(25)11-16(24)12-20(22)26-15)4-5-31-14-17(27-28-31)13-29-6-8-30(9-7-29)23(32)21-3-2-10-33-21/h2-3,10-12,14,26H,4-9,13H2,1H3. The van der Waals surface area contributed by atoms with Crippen LogP contribution >= 0.6 is 23.2 Å². The van der Waals surface area contributed by atoms with E-state index in [9.17, 15) is 4.79 Å². The predicted octanol–water partition coefficient (Wildman–Crippen LogP) is 4.17. The molecule has 0 spiro atoms. The molecule has 0 aliphatic carbocycles. The number of piperazine rings is 1. The van der Waals surface area contributed by atoms with Gasteiger partial charge in [0.05, 0.1) is 17.0 Å². The van der Waals surface area contributed by atoms with Crippen LogP contribution in [0, 0.1) is 6.92 Å². The average molecular weight is 487 g/mol. The van der Waals surface area contributed by atoms with Gasteiger partial charge in [0.25, 0.3) is 5.91 Å². The summed E-state index contributed by atoms with van der Waals surface area (Å²) in [5, 5.41) is 10.9. The van der Waals surface area contributed by atoms with Gasteiger partial charge in [0.15, 0.2) is 5.76 Å². The molecule has 1 saturated heterocycles. The fraction of sp³-hybridized carbons (Fsp3) is 0.348. The Morgan fingerprint density at radius 2 is 2.03 bits per heavy atom. The van der Waals surface area contributed by atoms with E-state index in [0.717, 1.165) is 41.8 Å². The highest BCUT2D eigenvalue weighted by Gasteiger charge is 2.24. The van der Waals surface area contributed by atoms with Crippen molar-refractivity contribution in [3.05, 3.63) is 69.5 Å². The summed E-state index contributed by atoms with van der Waals surface area (Å²) in [6, 6.07) is 7.11. The molecule has 5 rings (SSSR count). The normalized spacial score (nSPS) is 14.9. The van der Waals surface area contributed by atoms with Gasteiger partial charge in [0, 0.05) is 67.1 Å². The average Bonchev–Trinajstić information content (AvgIpc) is 3.53. The molecule has 4 heterocycles. The number of aromatic nitrogens is 4. The van der Waals surface area contributed by atoms with Crippen LogP contribution in [0.4, 0.5) is 0 Å². The second-order valence-corrected chi connectivity index (χ2v) is 9.15. The number of carbonyl (C=O) groups excluding carboxylic acids is 1. The highest BCUT2D eigenvalue weighted by molar-refractivity contribution is 6.38. The van der Waals surface area contributed by atoms with Gasteiger partial charge >= 0.3 is 0 Å². The molecule has 3 aromatic heterocycles. The summed E-state index contributed by atoms with van der Waals surface area (Å²) in [6.45, 7) is 6.35. The van der Waals surface area contributed by atoms with Crippen molar-refractivity contribution in [1.29, 1.82) is 0 Å². The SMILES string of the molecule is Cc1[nH]c2cc(Cl)cc(Cl)c2c1CCn1cc(CN2CCN(C(=O)c3ccco3)CC2)nn1. The van der Waals surface area contributed by atoms with E-state index >= 15 is 0 Å². The Morgan fingerprint density at radius 1 is 1.21 bits per heavy atom. The summed E-state index contributed by atoms with van der Waals surface area (Å²) in [5.41, 5.74) is 4.11. The van der Waals surface area contributed by atoms with E-state index in [-0.39, 0.29) is 5.91 Å². The van der Waals surface area contributed by atoms with Crippen molar-refractivity contribution >= 4 is 40.0 Å². The smallest absolute Gasteiger partial charge is 0.289 e. The van der Waals surface area contributed by atoms with E-state index < -0.39 is 0 Å². The quantitative estimate of drug-likeness (QED) is 0.442. The number of hydrogen-bond donors (Lipinski definition) is 1. The zero-order valence-corrected chi connectivity index (χ0v) is 19.7. The number of halogens is 2. The van der Waals surface area contributed by atoms with Crippen LogP contribution in [0.3, 0.4) is 0 Å². The van der Waals surface area contributed by atoms with Crippen molar-refractivity contribution in [1.82, 2.24) is 29.8 Å². The molecule has 0 bridgehead atoms. The second-order valence-electron chi connectivity index (χ2n) is 8.31. The number of furan rings is 1. The molecule has 0 saturated carbocycles. The monoisotopic (exact) mass is 486 g/mol. The van der Waals surface area contributed by atoms with Gasteiger partial charge < -0.3 is 14.3 Å². The first-order valence-corrected chi connectivity index (χ1v) is 11.6. The third kappa shape index (κ3) is 4.64. The Labute approximate surface area is 201 Å². The van der Waals surface area contributed by atoms with Crippen molar-refractivity contribution in [2.75, 3.05) is 26.2 Å². The number of nitrogens with zero attached hydrogens (tertiary/aromatic N) is 5. The van der Waals surface area contributed by atoms with E-state index in [1.807, 2.05) is 28.8 Å². The molecule has 33 heavy (non-hydrogen) atoms. The number of H-pyrrole nitrogens is 1. The number of aryl methyl sites for hydroxylation is 3. The molecular formula is C23H24Cl2N6O2. The predicted molar refractivity (Wildman–Crippen MR) is 127 cm³/mol. The molecule has 10 heteroatoms. The van der Waals surface area contributed by atoms with E-state index in [1.165, 1.54) is 11.8 Å². The van der Waals surface area contributed by atoms with Crippen molar-refractivity contribution in [2.24, 2.45) is 0 Å². The number of carbonyl (C=O) groups is 1. The third-order valence-corrected chi connectivity index (χ3v) is 6.60. The van der Waals surface area contributed by atoms with E-state index in [4.69, 9.17) is 27.6 Å². The molecule has 8 nitrogen and oxygen atoms in total. The number of rotatable bonds is 6. The second kappa shape index (κ2) is 9.21. The van der Waals surface area contributed by atoms with E-state index in [2.05, 4.69) is 20.2 Å². The third-order valence-electron chi connectivity index (χ3n) is 6.09. The number of hydrogen-bond acceptors (Lipinski definition) is 5. The van der Waals surface area contributed by atoms with Crippen molar-refractivity contribution < 1.29 is 9.21 Å². The lowest BCUT2D eigenvalue weighted by atomic mass is 10.1. The van der Waals surface area contributed by atoms with Gasteiger partial charge in [-0.1, -0.05) is 28.4 Å². The summed E-state index contributed by atoms with van der Waals surface area (Å²) in [4.78, 5) is 19.9. The van der Waals surface area contributed by atoms with Crippen LogP contribution in [0.5, 0.6) is 0 Å². The maximum Gasteiger partial charge on any atom is 0.289 e. The van der Waals surface area contributed by atoms with Crippen molar-refractivity contribution in [3.8, 4) is 0 Å². The maximum absolute atomic E-state index is 12.4. The van der Waals surface area contributed by atoms with Crippen LogP contribution in [0.1, 0.15) is 27.5 Å². The van der Waals surface area contributed by atoms with E-state index in [1.54, 1.807) is 18.2 Å². The topological polar surface area (TPSA) is 83.2 Å². The Bertz CT molecular complexity index is 1270. The molecule has 1 aromatic carbocycles. The van der Waals surface area contributed by atoms with Gasteiger partial charge in [0.1, 0.15) is 0 Å². The molecule has 0 atom stereocenters. The van der Waals surface area contributed by atoms with Gasteiger partial charge in [-0.3, -0.25) is 14.4 Å². The van der Waals surface area contributed by atoms with Gasteiger partial charge in [-0.25, -0.2) is 0 Å². The highest BCUT2D eigenvalue weighted by Crippen LogP contribution is 2.32. The van der Waals surface area contributed by atoms with Crippen LogP contribution in [0.2, 0.25) is 10.0 Å². The summed E-state index contributed by atoms with van der Waals surface area (Å²) in [5.74, 6) is 0.335. The highest BCUT2D eigenvalue weighted by atomic mass is 35.5. The molecule has 1 N–H and O–H groups in total. The van der Waals surface area contributed by atoms with Crippen LogP contribution in [-0.4, -0.2) is 61.9 Å². The van der Waals surface area contributed by atoms with E-state index in [0.29, 0.717) is 42.0 Å². The Morgan fingerprint density at radius 3 is 2.79 bits per heavy atom. The number of nitrogens with one attached hydrogen (secondary N) is 1. The maximum atomic E-state index is 12.4. The molecule has 0 radical (unpaired) electrons. The van der Waals surface area contributed by atoms with Crippen LogP contribution < -0.4 is 0 Å². The lowest BCUT2D eigenvalue weighted by Gasteiger charge is -2.33. The summed E-state index contributed by atoms with van der Waals surface area (Å²) < 4.78 is 7.09. The molecule has 172 valence electrons.